The standard InChI is InChI=1S/C32H48N2O/c1-3-4-5-6-7-8-9-10-11-12-13-14-15-16-17-24-32(35)34-27-28(26-29-21-20-25-33(29)2)30-22-18-19-23-31(30)34/h7-8,10-11,18-19,22-23,27,29H,3-6,9,12-17,20-21,24-26H2,1-2H3/b8-7-,11-10-/t29-/m0/s1/i26D2. The van der Waals surface area contributed by atoms with Crippen LogP contribution >= 0.6 is 0 Å². The number of unbranched alkanes of at least 4 members (excludes halogenated alkanes) is 8. The van der Waals surface area contributed by atoms with Crippen LogP contribution in [0.4, 0.5) is 0 Å². The van der Waals surface area contributed by atoms with Crippen molar-refractivity contribution in [2.24, 2.45) is 0 Å². The largest absolute Gasteiger partial charge is 0.303 e. The highest BCUT2D eigenvalue weighted by Gasteiger charge is 2.23. The number of likely N-dealkylation sites (N-methyl/N-ethyl adjacent to an activating group) is 1. The van der Waals surface area contributed by atoms with Crippen LogP contribution in [0.5, 0.6) is 0 Å². The molecule has 1 aliphatic rings. The molecule has 0 bridgehead atoms. The highest BCUT2D eigenvalue weighted by Crippen LogP contribution is 2.27. The Morgan fingerprint density at radius 2 is 1.71 bits per heavy atom. The van der Waals surface area contributed by atoms with Gasteiger partial charge in [-0.1, -0.05) is 81.5 Å². The molecule has 0 unspecified atom stereocenters. The SMILES string of the molecule is [2H]C([2H])(c1cn(C(=O)CCCCCCC/C=C\C/C=C\CCCCC)c2ccccc12)[C@@H]1CCCN1C. The lowest BCUT2D eigenvalue weighted by Gasteiger charge is -2.18. The van der Waals surface area contributed by atoms with E-state index in [1.807, 2.05) is 31.3 Å². The Hall–Kier alpha value is -2.13. The van der Waals surface area contributed by atoms with Crippen LogP contribution in [0.1, 0.15) is 110 Å². The predicted molar refractivity (Wildman–Crippen MR) is 151 cm³/mol. The molecule has 0 spiro atoms. The van der Waals surface area contributed by atoms with E-state index in [-0.39, 0.29) is 11.9 Å². The van der Waals surface area contributed by atoms with Crippen LogP contribution in [0.15, 0.2) is 54.8 Å². The summed E-state index contributed by atoms with van der Waals surface area (Å²) in [7, 11) is 2.00. The minimum Gasteiger partial charge on any atom is -0.303 e. The summed E-state index contributed by atoms with van der Waals surface area (Å²) < 4.78 is 19.6. The van der Waals surface area contributed by atoms with Crippen molar-refractivity contribution in [1.82, 2.24) is 9.47 Å². The second kappa shape index (κ2) is 15.8. The van der Waals surface area contributed by atoms with Crippen molar-refractivity contribution in [1.29, 1.82) is 0 Å². The Labute approximate surface area is 217 Å². The Bertz CT molecular complexity index is 1020. The summed E-state index contributed by atoms with van der Waals surface area (Å²) in [6.45, 7) is 3.17. The zero-order chi connectivity index (χ0) is 26.5. The molecule has 0 radical (unpaired) electrons. The predicted octanol–water partition coefficient (Wildman–Crippen LogP) is 8.73. The Balaban J connectivity index is 1.40. The highest BCUT2D eigenvalue weighted by atomic mass is 16.2. The molecule has 0 N–H and O–H groups in total. The molecule has 3 heteroatoms. The van der Waals surface area contributed by atoms with Crippen molar-refractivity contribution >= 4 is 16.8 Å². The molecule has 1 aromatic heterocycles. The van der Waals surface area contributed by atoms with Gasteiger partial charge in [-0.2, -0.15) is 0 Å². The van der Waals surface area contributed by atoms with Gasteiger partial charge in [-0.3, -0.25) is 9.36 Å². The lowest BCUT2D eigenvalue weighted by molar-refractivity contribution is 0.0904. The summed E-state index contributed by atoms with van der Waals surface area (Å²) >= 11 is 0. The van der Waals surface area contributed by atoms with Gasteiger partial charge < -0.3 is 4.90 Å². The lowest BCUT2D eigenvalue weighted by atomic mass is 10.0. The molecule has 1 fully saturated rings. The Morgan fingerprint density at radius 3 is 2.46 bits per heavy atom. The maximum atomic E-state index is 13.1. The molecule has 1 saturated heterocycles. The number of rotatable bonds is 16. The molecule has 0 aliphatic carbocycles. The maximum absolute atomic E-state index is 13.1. The minimum atomic E-state index is -1.49. The van der Waals surface area contributed by atoms with E-state index < -0.39 is 6.37 Å². The fraction of sp³-hybridized carbons (Fsp3) is 0.594. The fourth-order valence-electron chi connectivity index (χ4n) is 4.98. The first kappa shape index (κ1) is 24.6. The van der Waals surface area contributed by atoms with Crippen LogP contribution in [0.2, 0.25) is 0 Å². The summed E-state index contributed by atoms with van der Waals surface area (Å²) in [5, 5.41) is 0.862. The second-order valence-electron chi connectivity index (χ2n) is 10.1. The monoisotopic (exact) mass is 478 g/mol. The molecule has 35 heavy (non-hydrogen) atoms. The second-order valence-corrected chi connectivity index (χ2v) is 10.1. The van der Waals surface area contributed by atoms with Crippen LogP contribution in [0.3, 0.4) is 0 Å². The molecular formula is C32H48N2O. The van der Waals surface area contributed by atoms with Crippen molar-refractivity contribution in [2.75, 3.05) is 13.6 Å². The van der Waals surface area contributed by atoms with Gasteiger partial charge in [0.15, 0.2) is 0 Å². The average Bonchev–Trinajstić information content (AvgIpc) is 3.51. The molecule has 0 saturated carbocycles. The lowest BCUT2D eigenvalue weighted by Crippen LogP contribution is -2.26. The van der Waals surface area contributed by atoms with Crippen LogP contribution in [-0.2, 0) is 6.37 Å². The van der Waals surface area contributed by atoms with Gasteiger partial charge in [0.25, 0.3) is 0 Å². The van der Waals surface area contributed by atoms with Crippen LogP contribution in [0, 0.1) is 0 Å². The third-order valence-electron chi connectivity index (χ3n) is 7.16. The number of aromatic nitrogens is 1. The van der Waals surface area contributed by atoms with Gasteiger partial charge >= 0.3 is 0 Å². The fourth-order valence-corrected chi connectivity index (χ4v) is 4.98. The molecule has 2 heterocycles. The van der Waals surface area contributed by atoms with E-state index in [0.717, 1.165) is 62.4 Å². The van der Waals surface area contributed by atoms with Gasteiger partial charge in [-0.15, -0.1) is 0 Å². The van der Waals surface area contributed by atoms with E-state index in [2.05, 4.69) is 36.1 Å². The minimum absolute atomic E-state index is 0.0729. The molecule has 3 rings (SSSR count). The first-order valence-electron chi connectivity index (χ1n) is 15.1. The molecule has 1 atom stereocenters. The topological polar surface area (TPSA) is 25.2 Å². The van der Waals surface area contributed by atoms with E-state index in [1.54, 1.807) is 10.8 Å². The van der Waals surface area contributed by atoms with E-state index in [9.17, 15) is 4.79 Å². The van der Waals surface area contributed by atoms with Gasteiger partial charge in [-0.05, 0) is 83.0 Å². The molecule has 3 nitrogen and oxygen atoms in total. The third kappa shape index (κ3) is 9.11. The molecule has 1 aliphatic heterocycles. The van der Waals surface area contributed by atoms with Crippen LogP contribution in [0.25, 0.3) is 10.9 Å². The van der Waals surface area contributed by atoms with E-state index in [1.165, 1.54) is 38.5 Å². The van der Waals surface area contributed by atoms with E-state index >= 15 is 0 Å². The number of allylic oxidation sites excluding steroid dienone is 4. The van der Waals surface area contributed by atoms with Gasteiger partial charge in [0, 0.05) is 26.8 Å². The number of hydrogen-bond donors (Lipinski definition) is 0. The van der Waals surface area contributed by atoms with Crippen LogP contribution < -0.4 is 0 Å². The first-order valence-corrected chi connectivity index (χ1v) is 14.1. The van der Waals surface area contributed by atoms with Gasteiger partial charge in [-0.25, -0.2) is 0 Å². The molecule has 0 amide bonds. The van der Waals surface area contributed by atoms with Gasteiger partial charge in [0.1, 0.15) is 0 Å². The summed E-state index contributed by atoms with van der Waals surface area (Å²) in [6.07, 6.45) is 24.7. The van der Waals surface area contributed by atoms with Crippen molar-refractivity contribution in [3.8, 4) is 0 Å². The highest BCUT2D eigenvalue weighted by molar-refractivity contribution is 5.94. The van der Waals surface area contributed by atoms with E-state index in [4.69, 9.17) is 2.74 Å². The number of para-hydroxylation sites is 1. The van der Waals surface area contributed by atoms with Gasteiger partial charge in [0.2, 0.25) is 5.91 Å². The quantitative estimate of drug-likeness (QED) is 0.178. The van der Waals surface area contributed by atoms with Crippen molar-refractivity contribution in [3.63, 3.8) is 0 Å². The molecule has 192 valence electrons. The van der Waals surface area contributed by atoms with Crippen molar-refractivity contribution in [3.05, 3.63) is 60.3 Å². The van der Waals surface area contributed by atoms with Crippen molar-refractivity contribution < 1.29 is 7.54 Å². The smallest absolute Gasteiger partial charge is 0.231 e. The van der Waals surface area contributed by atoms with Crippen molar-refractivity contribution in [2.45, 2.75) is 109 Å². The average molecular weight is 479 g/mol. The van der Waals surface area contributed by atoms with Gasteiger partial charge in [0.05, 0.1) is 5.52 Å². The summed E-state index contributed by atoms with van der Waals surface area (Å²) in [5.74, 6) is 0.0729. The number of nitrogens with zero attached hydrogens (tertiary/aromatic N) is 2. The summed E-state index contributed by atoms with van der Waals surface area (Å²) in [4.78, 5) is 15.3. The third-order valence-corrected chi connectivity index (χ3v) is 7.16. The molecule has 2 aromatic rings. The van der Waals surface area contributed by atoms with Crippen LogP contribution in [-0.4, -0.2) is 35.0 Å². The number of carbonyl (C=O) groups is 1. The molecular weight excluding hydrogens is 428 g/mol. The zero-order valence-corrected chi connectivity index (χ0v) is 22.2. The number of hydrogen-bond acceptors (Lipinski definition) is 2. The molecule has 1 aromatic carbocycles. The number of likely N-dealkylation sites (tertiary alicyclic amines) is 1. The first-order chi connectivity index (χ1) is 18.0. The zero-order valence-electron chi connectivity index (χ0n) is 24.2. The van der Waals surface area contributed by atoms with E-state index in [0.29, 0.717) is 12.0 Å². The summed E-state index contributed by atoms with van der Waals surface area (Å²) in [5.41, 5.74) is 1.48. The normalized spacial score (nSPS) is 18.2. The number of benzene rings is 1. The number of fused-ring (bicyclic) bond motifs is 1. The summed E-state index contributed by atoms with van der Waals surface area (Å²) in [6, 6.07) is 7.63. The Kier molecular flexibility index (Phi) is 11.1. The number of carbonyl (C=O) groups excluding carboxylic acids is 1. The maximum Gasteiger partial charge on any atom is 0.231 e. The Morgan fingerprint density at radius 1 is 1.00 bits per heavy atom.